The summed E-state index contributed by atoms with van der Waals surface area (Å²) < 4.78 is 66.8. The quantitative estimate of drug-likeness (QED) is 0.258. The summed E-state index contributed by atoms with van der Waals surface area (Å²) >= 11 is 0. The minimum Gasteiger partial charge on any atom is -0.491 e. The van der Waals surface area contributed by atoms with Crippen LogP contribution >= 0.6 is 0 Å². The second kappa shape index (κ2) is 13.3. The van der Waals surface area contributed by atoms with Gasteiger partial charge >= 0.3 is 6.09 Å². The number of amides is 3. The summed E-state index contributed by atoms with van der Waals surface area (Å²) in [5.74, 6) is -2.93. The van der Waals surface area contributed by atoms with Crippen molar-refractivity contribution < 1.29 is 41.1 Å². The predicted molar refractivity (Wildman–Crippen MR) is 165 cm³/mol. The minimum absolute atomic E-state index is 0.00638. The summed E-state index contributed by atoms with van der Waals surface area (Å²) in [4.78, 5) is 39.9. The molecule has 2 unspecified atom stereocenters. The zero-order chi connectivity index (χ0) is 33.2. The maximum absolute atomic E-state index is 15.1. The summed E-state index contributed by atoms with van der Waals surface area (Å²) in [6.45, 7) is 2.04. The number of nitrogens with zero attached hydrogens (tertiary/aromatic N) is 1. The summed E-state index contributed by atoms with van der Waals surface area (Å²) in [5.41, 5.74) is 6.03. The van der Waals surface area contributed by atoms with E-state index in [1.165, 1.54) is 54.5 Å². The van der Waals surface area contributed by atoms with E-state index in [0.29, 0.717) is 31.2 Å². The second-order valence-corrected chi connectivity index (χ2v) is 13.3. The molecule has 1 saturated carbocycles. The lowest BCUT2D eigenvalue weighted by molar-refractivity contribution is -0.133. The van der Waals surface area contributed by atoms with Gasteiger partial charge in [0.2, 0.25) is 11.8 Å². The van der Waals surface area contributed by atoms with Crippen LogP contribution < -0.4 is 21.1 Å². The van der Waals surface area contributed by atoms with Gasteiger partial charge in [0.15, 0.2) is 21.4 Å². The fourth-order valence-corrected chi connectivity index (χ4v) is 7.49. The molecule has 244 valence electrons. The van der Waals surface area contributed by atoms with Crippen LogP contribution in [0.1, 0.15) is 66.2 Å². The Labute approximate surface area is 265 Å². The van der Waals surface area contributed by atoms with Crippen LogP contribution in [0.5, 0.6) is 5.75 Å². The van der Waals surface area contributed by atoms with Gasteiger partial charge < -0.3 is 25.4 Å². The second-order valence-electron chi connectivity index (χ2n) is 11.1. The standard InChI is InChI=1S/C32H34F2N4O7S/c1-3-45-27-16-18(6-12-24(27)34)29(37-25-15-19(30(35)39)7-11-23(25)33)31(40)38-14-4-5-26(38)22-17-20(36-32(41)44-2)8-13-28(22)46(42,43)21-9-10-21/h6-8,11-13,15-17,21,26,29,37H,3-5,9-10,14H2,1-2H3,(H2,35,39)(H,36,41). The molecule has 0 spiro atoms. The van der Waals surface area contributed by atoms with Crippen LogP contribution in [0.15, 0.2) is 59.5 Å². The fraction of sp³-hybridized carbons (Fsp3) is 0.344. The Morgan fingerprint density at radius 2 is 1.76 bits per heavy atom. The number of halogens is 2. The number of methoxy groups -OCH3 is 1. The summed E-state index contributed by atoms with van der Waals surface area (Å²) in [6.07, 6.45) is 1.19. The van der Waals surface area contributed by atoms with Gasteiger partial charge in [-0.2, -0.15) is 0 Å². The number of sulfone groups is 1. The molecule has 1 aliphatic heterocycles. The Morgan fingerprint density at radius 1 is 1.02 bits per heavy atom. The maximum Gasteiger partial charge on any atom is 0.411 e. The Morgan fingerprint density at radius 3 is 2.43 bits per heavy atom. The van der Waals surface area contributed by atoms with Crippen molar-refractivity contribution in [3.63, 3.8) is 0 Å². The molecule has 2 fully saturated rings. The van der Waals surface area contributed by atoms with E-state index in [1.54, 1.807) is 6.92 Å². The van der Waals surface area contributed by atoms with Crippen LogP contribution in [0.4, 0.5) is 25.0 Å². The lowest BCUT2D eigenvalue weighted by Gasteiger charge is -2.31. The zero-order valence-electron chi connectivity index (χ0n) is 25.2. The number of nitrogens with one attached hydrogen (secondary N) is 2. The van der Waals surface area contributed by atoms with Gasteiger partial charge in [-0.25, -0.2) is 22.0 Å². The largest absolute Gasteiger partial charge is 0.491 e. The molecule has 46 heavy (non-hydrogen) atoms. The van der Waals surface area contributed by atoms with E-state index in [2.05, 4.69) is 10.6 Å². The highest BCUT2D eigenvalue weighted by atomic mass is 32.2. The molecule has 5 rings (SSSR count). The predicted octanol–water partition coefficient (Wildman–Crippen LogP) is 5.09. The first-order valence-electron chi connectivity index (χ1n) is 14.8. The van der Waals surface area contributed by atoms with Gasteiger partial charge in [-0.05, 0) is 92.3 Å². The third-order valence-corrected chi connectivity index (χ3v) is 10.3. The van der Waals surface area contributed by atoms with Gasteiger partial charge in [-0.3, -0.25) is 14.9 Å². The Hall–Kier alpha value is -4.72. The van der Waals surface area contributed by atoms with E-state index in [-0.39, 0.29) is 46.3 Å². The highest BCUT2D eigenvalue weighted by molar-refractivity contribution is 7.92. The SMILES string of the molecule is CCOc1cc(C(Nc2cc(C(N)=O)ccc2F)C(=O)N2CCCC2c2cc(NC(=O)OC)ccc2S(=O)(=O)C2CC2)ccc1F. The van der Waals surface area contributed by atoms with E-state index >= 15 is 4.39 Å². The first-order chi connectivity index (χ1) is 21.9. The van der Waals surface area contributed by atoms with Gasteiger partial charge in [0.05, 0.1) is 35.6 Å². The average Bonchev–Trinajstić information content (AvgIpc) is 3.79. The molecular weight excluding hydrogens is 622 g/mol. The van der Waals surface area contributed by atoms with Crippen LogP contribution in [0.25, 0.3) is 0 Å². The van der Waals surface area contributed by atoms with E-state index in [1.807, 2.05) is 0 Å². The van der Waals surface area contributed by atoms with Gasteiger partial charge in [0.1, 0.15) is 11.9 Å². The van der Waals surface area contributed by atoms with Gasteiger partial charge in [-0.1, -0.05) is 6.07 Å². The smallest absolute Gasteiger partial charge is 0.411 e. The summed E-state index contributed by atoms with van der Waals surface area (Å²) in [7, 11) is -2.54. The number of hydrogen-bond donors (Lipinski definition) is 3. The van der Waals surface area contributed by atoms with E-state index in [0.717, 1.165) is 12.1 Å². The van der Waals surface area contributed by atoms with Crippen molar-refractivity contribution in [1.82, 2.24) is 4.90 Å². The lowest BCUT2D eigenvalue weighted by Crippen LogP contribution is -2.38. The monoisotopic (exact) mass is 656 g/mol. The average molecular weight is 657 g/mol. The van der Waals surface area contributed by atoms with E-state index < -0.39 is 56.7 Å². The zero-order valence-corrected chi connectivity index (χ0v) is 26.0. The van der Waals surface area contributed by atoms with Crippen LogP contribution in [-0.2, 0) is 19.4 Å². The minimum atomic E-state index is -3.74. The van der Waals surface area contributed by atoms with E-state index in [4.69, 9.17) is 15.2 Å². The number of primary amides is 1. The number of hydrogen-bond acceptors (Lipinski definition) is 8. The number of nitrogens with two attached hydrogens (primary N) is 1. The van der Waals surface area contributed by atoms with Crippen molar-refractivity contribution >= 4 is 39.1 Å². The molecule has 1 heterocycles. The molecule has 1 saturated heterocycles. The molecule has 2 aliphatic rings. The van der Waals surface area contributed by atoms with Crippen molar-refractivity contribution in [2.75, 3.05) is 30.9 Å². The number of likely N-dealkylation sites (tertiary alicyclic amines) is 1. The van der Waals surface area contributed by atoms with Crippen LogP contribution in [0, 0.1) is 11.6 Å². The number of rotatable bonds is 11. The van der Waals surface area contributed by atoms with Gasteiger partial charge in [-0.15, -0.1) is 0 Å². The Bertz CT molecular complexity index is 1780. The third-order valence-electron chi connectivity index (χ3n) is 7.99. The van der Waals surface area contributed by atoms with Crippen molar-refractivity contribution in [2.24, 2.45) is 5.73 Å². The molecule has 3 aromatic rings. The highest BCUT2D eigenvalue weighted by Gasteiger charge is 2.42. The molecule has 2 atom stereocenters. The number of benzene rings is 3. The van der Waals surface area contributed by atoms with E-state index in [9.17, 15) is 27.2 Å². The van der Waals surface area contributed by atoms with Gasteiger partial charge in [0, 0.05) is 17.8 Å². The van der Waals surface area contributed by atoms with Crippen LogP contribution in [-0.4, -0.2) is 56.7 Å². The topological polar surface area (TPSA) is 157 Å². The highest BCUT2D eigenvalue weighted by Crippen LogP contribution is 2.43. The molecule has 0 bridgehead atoms. The number of ether oxygens (including phenoxy) is 2. The third kappa shape index (κ3) is 6.76. The Balaban J connectivity index is 1.59. The molecule has 14 heteroatoms. The first-order valence-corrected chi connectivity index (χ1v) is 16.3. The number of carbonyl (C=O) groups is 3. The molecule has 0 aromatic heterocycles. The normalized spacial score (nSPS) is 16.9. The molecule has 11 nitrogen and oxygen atoms in total. The molecule has 4 N–H and O–H groups in total. The van der Waals surface area contributed by atoms with Crippen molar-refractivity contribution in [3.05, 3.63) is 82.9 Å². The molecular formula is C32H34F2N4O7S. The maximum atomic E-state index is 15.1. The number of carbonyl (C=O) groups excluding carboxylic acids is 3. The summed E-state index contributed by atoms with van der Waals surface area (Å²) in [5, 5.41) is 4.88. The van der Waals surface area contributed by atoms with Crippen molar-refractivity contribution in [2.45, 2.75) is 54.8 Å². The first kappa shape index (κ1) is 32.7. The van der Waals surface area contributed by atoms with Crippen LogP contribution in [0.3, 0.4) is 0 Å². The molecule has 3 amide bonds. The molecule has 1 aliphatic carbocycles. The van der Waals surface area contributed by atoms with Crippen LogP contribution in [0.2, 0.25) is 0 Å². The number of anilines is 2. The lowest BCUT2D eigenvalue weighted by atomic mass is 10.0. The van der Waals surface area contributed by atoms with Crippen molar-refractivity contribution in [3.8, 4) is 5.75 Å². The van der Waals surface area contributed by atoms with Gasteiger partial charge in [0.25, 0.3) is 0 Å². The van der Waals surface area contributed by atoms with Crippen molar-refractivity contribution in [1.29, 1.82) is 0 Å². The fourth-order valence-electron chi connectivity index (χ4n) is 5.59. The molecule has 3 aromatic carbocycles. The Kier molecular flexibility index (Phi) is 9.47. The molecule has 0 radical (unpaired) electrons. The summed E-state index contributed by atoms with van der Waals surface area (Å²) in [6, 6.07) is 9.58.